The summed E-state index contributed by atoms with van der Waals surface area (Å²) in [5.74, 6) is -0.668. The van der Waals surface area contributed by atoms with E-state index in [0.717, 1.165) is 6.07 Å². The molecule has 0 aliphatic rings. The van der Waals surface area contributed by atoms with E-state index in [1.165, 1.54) is 12.1 Å². The molecular formula is C9H8FNO4. The van der Waals surface area contributed by atoms with Gasteiger partial charge in [0.15, 0.2) is 0 Å². The molecule has 0 aliphatic carbocycles. The Hall–Kier alpha value is -1.98. The molecule has 0 heterocycles. The summed E-state index contributed by atoms with van der Waals surface area (Å²) in [6, 6.07) is 3.60. The standard InChI is InChI=1S/C9H8FNO4/c10-8-2-1-3-9(11(13)14)7(8)4-5-15-6-12/h1-3,6H,4-5H2. The van der Waals surface area contributed by atoms with Crippen molar-refractivity contribution in [3.63, 3.8) is 0 Å². The minimum atomic E-state index is -0.668. The third kappa shape index (κ3) is 2.73. The molecule has 1 rings (SSSR count). The number of nitrogens with zero attached hydrogens (tertiary/aromatic N) is 1. The van der Waals surface area contributed by atoms with Gasteiger partial charge in [0.25, 0.3) is 12.2 Å². The molecule has 0 unspecified atom stereocenters. The first-order valence-corrected chi connectivity index (χ1v) is 4.14. The van der Waals surface area contributed by atoms with E-state index in [0.29, 0.717) is 0 Å². The lowest BCUT2D eigenvalue weighted by Gasteiger charge is -2.03. The summed E-state index contributed by atoms with van der Waals surface area (Å²) in [6.07, 6.45) is -0.0122. The van der Waals surface area contributed by atoms with Gasteiger partial charge in [0.05, 0.1) is 17.1 Å². The first-order chi connectivity index (χ1) is 7.16. The summed E-state index contributed by atoms with van der Waals surface area (Å²) in [4.78, 5) is 19.7. The Morgan fingerprint density at radius 1 is 1.53 bits per heavy atom. The zero-order valence-electron chi connectivity index (χ0n) is 7.68. The lowest BCUT2D eigenvalue weighted by Crippen LogP contribution is -2.03. The van der Waals surface area contributed by atoms with Crippen LogP contribution in [-0.4, -0.2) is 18.0 Å². The highest BCUT2D eigenvalue weighted by Crippen LogP contribution is 2.21. The number of hydrogen-bond donors (Lipinski definition) is 0. The highest BCUT2D eigenvalue weighted by Gasteiger charge is 2.16. The van der Waals surface area contributed by atoms with Crippen molar-refractivity contribution < 1.29 is 18.8 Å². The molecule has 15 heavy (non-hydrogen) atoms. The van der Waals surface area contributed by atoms with Gasteiger partial charge in [-0.3, -0.25) is 14.9 Å². The van der Waals surface area contributed by atoms with Crippen LogP contribution in [0.15, 0.2) is 18.2 Å². The van der Waals surface area contributed by atoms with Gasteiger partial charge < -0.3 is 4.74 Å². The van der Waals surface area contributed by atoms with Crippen LogP contribution < -0.4 is 0 Å². The maximum atomic E-state index is 13.2. The fraction of sp³-hybridized carbons (Fsp3) is 0.222. The Bertz CT molecular complexity index is 380. The first-order valence-electron chi connectivity index (χ1n) is 4.14. The van der Waals surface area contributed by atoms with E-state index in [1.54, 1.807) is 0 Å². The largest absolute Gasteiger partial charge is 0.468 e. The van der Waals surface area contributed by atoms with Crippen molar-refractivity contribution in [2.75, 3.05) is 6.61 Å². The van der Waals surface area contributed by atoms with E-state index in [-0.39, 0.29) is 30.8 Å². The summed E-state index contributed by atoms with van der Waals surface area (Å²) >= 11 is 0. The van der Waals surface area contributed by atoms with Crippen LogP contribution in [0.25, 0.3) is 0 Å². The number of carbonyl (C=O) groups is 1. The van der Waals surface area contributed by atoms with E-state index >= 15 is 0 Å². The van der Waals surface area contributed by atoms with Crippen molar-refractivity contribution in [1.82, 2.24) is 0 Å². The summed E-state index contributed by atoms with van der Waals surface area (Å²) in [7, 11) is 0. The van der Waals surface area contributed by atoms with Gasteiger partial charge in [-0.2, -0.15) is 0 Å². The Kier molecular flexibility index (Phi) is 3.73. The lowest BCUT2D eigenvalue weighted by molar-refractivity contribution is -0.385. The van der Waals surface area contributed by atoms with Crippen LogP contribution in [0.3, 0.4) is 0 Å². The molecule has 5 nitrogen and oxygen atoms in total. The van der Waals surface area contributed by atoms with Gasteiger partial charge in [0.1, 0.15) is 5.82 Å². The molecular weight excluding hydrogens is 205 g/mol. The zero-order chi connectivity index (χ0) is 11.3. The SMILES string of the molecule is O=COCCc1c(F)cccc1[N+](=O)[O-]. The maximum Gasteiger partial charge on any atom is 0.293 e. The molecule has 0 N–H and O–H groups in total. The molecule has 80 valence electrons. The van der Waals surface area contributed by atoms with Crippen LogP contribution in [-0.2, 0) is 16.0 Å². The molecule has 0 saturated heterocycles. The maximum absolute atomic E-state index is 13.2. The van der Waals surface area contributed by atoms with Crippen LogP contribution in [0.5, 0.6) is 0 Å². The van der Waals surface area contributed by atoms with E-state index in [9.17, 15) is 19.3 Å². The van der Waals surface area contributed by atoms with E-state index < -0.39 is 10.7 Å². The van der Waals surface area contributed by atoms with Gasteiger partial charge >= 0.3 is 0 Å². The minimum absolute atomic E-state index is 0.0122. The van der Waals surface area contributed by atoms with Gasteiger partial charge in [0.2, 0.25) is 0 Å². The van der Waals surface area contributed by atoms with Gasteiger partial charge in [-0.1, -0.05) is 6.07 Å². The van der Waals surface area contributed by atoms with Crippen LogP contribution in [0.2, 0.25) is 0 Å². The van der Waals surface area contributed by atoms with Crippen molar-refractivity contribution in [2.24, 2.45) is 0 Å². The van der Waals surface area contributed by atoms with Gasteiger partial charge in [-0.25, -0.2) is 4.39 Å². The molecule has 1 aromatic rings. The lowest BCUT2D eigenvalue weighted by atomic mass is 10.1. The van der Waals surface area contributed by atoms with Gasteiger partial charge in [-0.15, -0.1) is 0 Å². The predicted molar refractivity (Wildman–Crippen MR) is 48.8 cm³/mol. The van der Waals surface area contributed by atoms with Crippen molar-refractivity contribution in [3.8, 4) is 0 Å². The van der Waals surface area contributed by atoms with Crippen LogP contribution in [0.1, 0.15) is 5.56 Å². The molecule has 0 saturated carbocycles. The number of nitro groups is 1. The highest BCUT2D eigenvalue weighted by molar-refractivity contribution is 5.41. The molecule has 0 amide bonds. The van der Waals surface area contributed by atoms with E-state index in [1.807, 2.05) is 0 Å². The van der Waals surface area contributed by atoms with E-state index in [4.69, 9.17) is 0 Å². The third-order valence-electron chi connectivity index (χ3n) is 1.83. The van der Waals surface area contributed by atoms with Crippen LogP contribution in [0.4, 0.5) is 10.1 Å². The summed E-state index contributed by atoms with van der Waals surface area (Å²) in [5.41, 5.74) is -0.353. The molecule has 0 fully saturated rings. The average molecular weight is 213 g/mol. The Balaban J connectivity index is 2.92. The second-order valence-electron chi connectivity index (χ2n) is 2.71. The quantitative estimate of drug-likeness (QED) is 0.321. The second kappa shape index (κ2) is 5.04. The molecule has 0 spiro atoms. The number of ether oxygens (including phenoxy) is 1. The highest BCUT2D eigenvalue weighted by atomic mass is 19.1. The van der Waals surface area contributed by atoms with Crippen LogP contribution in [0, 0.1) is 15.9 Å². The number of halogens is 1. The number of hydrogen-bond acceptors (Lipinski definition) is 4. The van der Waals surface area contributed by atoms with Crippen molar-refractivity contribution >= 4 is 12.2 Å². The Morgan fingerprint density at radius 2 is 2.27 bits per heavy atom. The molecule has 0 bridgehead atoms. The molecule has 1 aromatic carbocycles. The van der Waals surface area contributed by atoms with Crippen LogP contribution >= 0.6 is 0 Å². The van der Waals surface area contributed by atoms with Crippen molar-refractivity contribution in [1.29, 1.82) is 0 Å². The number of carbonyl (C=O) groups excluding carboxylic acids is 1. The molecule has 0 radical (unpaired) electrons. The topological polar surface area (TPSA) is 69.4 Å². The van der Waals surface area contributed by atoms with Crippen molar-refractivity contribution in [2.45, 2.75) is 6.42 Å². The summed E-state index contributed by atoms with van der Waals surface area (Å²) in [6.45, 7) is 0.137. The molecule has 0 atom stereocenters. The molecule has 0 aromatic heterocycles. The average Bonchev–Trinajstić information content (AvgIpc) is 2.20. The third-order valence-corrected chi connectivity index (χ3v) is 1.83. The predicted octanol–water partition coefficient (Wildman–Crippen LogP) is 1.45. The molecule has 0 aliphatic heterocycles. The number of nitro benzene ring substituents is 1. The first kappa shape index (κ1) is 11.1. The molecule has 6 heteroatoms. The smallest absolute Gasteiger partial charge is 0.293 e. The minimum Gasteiger partial charge on any atom is -0.468 e. The normalized spacial score (nSPS) is 9.67. The fourth-order valence-electron chi connectivity index (χ4n) is 1.17. The van der Waals surface area contributed by atoms with E-state index in [2.05, 4.69) is 4.74 Å². The van der Waals surface area contributed by atoms with Crippen molar-refractivity contribution in [3.05, 3.63) is 39.7 Å². The zero-order valence-corrected chi connectivity index (χ0v) is 7.68. The van der Waals surface area contributed by atoms with Gasteiger partial charge in [-0.05, 0) is 6.07 Å². The number of benzene rings is 1. The number of rotatable bonds is 5. The summed E-state index contributed by atoms with van der Waals surface area (Å²) in [5, 5.41) is 10.5. The second-order valence-corrected chi connectivity index (χ2v) is 2.71. The van der Waals surface area contributed by atoms with Gasteiger partial charge in [0, 0.05) is 12.5 Å². The summed E-state index contributed by atoms with van der Waals surface area (Å²) < 4.78 is 17.5. The fourth-order valence-corrected chi connectivity index (χ4v) is 1.17. The monoisotopic (exact) mass is 213 g/mol. The Labute approximate surface area is 84.6 Å². The Morgan fingerprint density at radius 3 is 2.87 bits per heavy atom.